The van der Waals surface area contributed by atoms with Crippen molar-refractivity contribution in [3.05, 3.63) is 41.1 Å². The van der Waals surface area contributed by atoms with Gasteiger partial charge in [0.15, 0.2) is 0 Å². The van der Waals surface area contributed by atoms with Crippen molar-refractivity contribution in [1.29, 1.82) is 0 Å². The molecule has 0 saturated heterocycles. The number of rotatable bonds is 2. The molecule has 0 fully saturated rings. The third-order valence-corrected chi connectivity index (χ3v) is 2.59. The van der Waals surface area contributed by atoms with Crippen LogP contribution in [0.3, 0.4) is 0 Å². The second-order valence-electron chi connectivity index (χ2n) is 4.35. The number of aromatic nitrogens is 3. The number of nitrogens with zero attached hydrogens (tertiary/aromatic N) is 3. The van der Waals surface area contributed by atoms with E-state index in [1.807, 2.05) is 0 Å². The van der Waals surface area contributed by atoms with E-state index in [1.165, 1.54) is 6.20 Å². The van der Waals surface area contributed by atoms with Crippen LogP contribution >= 0.6 is 11.6 Å². The number of hydrogen-bond donors (Lipinski definition) is 1. The first-order valence-electron chi connectivity index (χ1n) is 5.26. The van der Waals surface area contributed by atoms with Crippen molar-refractivity contribution in [1.82, 2.24) is 15.2 Å². The largest absolute Gasteiger partial charge is 0.384 e. The van der Waals surface area contributed by atoms with Gasteiger partial charge in [-0.05, 0) is 26.0 Å². The molecule has 0 saturated carbocycles. The van der Waals surface area contributed by atoms with E-state index in [1.54, 1.807) is 26.0 Å². The van der Waals surface area contributed by atoms with Gasteiger partial charge < -0.3 is 5.11 Å². The quantitative estimate of drug-likeness (QED) is 0.850. The molecule has 0 aliphatic rings. The van der Waals surface area contributed by atoms with E-state index < -0.39 is 11.4 Å². The molecule has 6 heteroatoms. The van der Waals surface area contributed by atoms with Crippen LogP contribution in [0.25, 0.3) is 11.3 Å². The Bertz CT molecular complexity index is 567. The molecule has 0 aromatic carbocycles. The highest BCUT2D eigenvalue weighted by Crippen LogP contribution is 2.23. The van der Waals surface area contributed by atoms with E-state index in [0.29, 0.717) is 11.4 Å². The van der Waals surface area contributed by atoms with Crippen molar-refractivity contribution >= 4 is 11.6 Å². The number of halogens is 2. The van der Waals surface area contributed by atoms with E-state index in [0.717, 1.165) is 6.07 Å². The van der Waals surface area contributed by atoms with Crippen LogP contribution in [-0.4, -0.2) is 20.3 Å². The monoisotopic (exact) mass is 267 g/mol. The molecule has 1 N–H and O–H groups in total. The van der Waals surface area contributed by atoms with Crippen LogP contribution in [0, 0.1) is 5.82 Å². The zero-order chi connectivity index (χ0) is 13.3. The van der Waals surface area contributed by atoms with Crippen LogP contribution in [0.5, 0.6) is 0 Å². The van der Waals surface area contributed by atoms with E-state index in [-0.39, 0.29) is 10.7 Å². The molecule has 0 spiro atoms. The van der Waals surface area contributed by atoms with Crippen molar-refractivity contribution in [2.75, 3.05) is 0 Å². The lowest BCUT2D eigenvalue weighted by Crippen LogP contribution is -2.18. The first-order valence-corrected chi connectivity index (χ1v) is 5.64. The zero-order valence-corrected chi connectivity index (χ0v) is 10.6. The Morgan fingerprint density at radius 1 is 1.28 bits per heavy atom. The van der Waals surface area contributed by atoms with E-state index in [9.17, 15) is 9.50 Å². The van der Waals surface area contributed by atoms with Gasteiger partial charge in [-0.25, -0.2) is 9.37 Å². The molecule has 0 aliphatic heterocycles. The Hall–Kier alpha value is -1.59. The Balaban J connectivity index is 2.41. The van der Waals surface area contributed by atoms with Gasteiger partial charge in [-0.15, -0.1) is 5.10 Å². The zero-order valence-electron chi connectivity index (χ0n) is 9.85. The minimum atomic E-state index is -1.08. The maximum atomic E-state index is 13.6. The van der Waals surface area contributed by atoms with E-state index >= 15 is 0 Å². The summed E-state index contributed by atoms with van der Waals surface area (Å²) in [6.45, 7) is 3.20. The summed E-state index contributed by atoms with van der Waals surface area (Å²) >= 11 is 5.57. The molecule has 0 bridgehead atoms. The summed E-state index contributed by atoms with van der Waals surface area (Å²) in [5, 5.41) is 17.6. The third kappa shape index (κ3) is 2.63. The molecule has 0 unspecified atom stereocenters. The molecule has 4 nitrogen and oxygen atoms in total. The SMILES string of the molecule is CC(C)(O)c1ccc(-c2cnc(Cl)cc2F)nn1. The second kappa shape index (κ2) is 4.59. The van der Waals surface area contributed by atoms with E-state index in [4.69, 9.17) is 11.6 Å². The van der Waals surface area contributed by atoms with Gasteiger partial charge >= 0.3 is 0 Å². The summed E-state index contributed by atoms with van der Waals surface area (Å²) in [6.07, 6.45) is 1.30. The Kier molecular flexibility index (Phi) is 3.28. The van der Waals surface area contributed by atoms with Crippen LogP contribution in [0.4, 0.5) is 4.39 Å². The van der Waals surface area contributed by atoms with Gasteiger partial charge in [-0.1, -0.05) is 11.6 Å². The lowest BCUT2D eigenvalue weighted by Gasteiger charge is -2.15. The highest BCUT2D eigenvalue weighted by molar-refractivity contribution is 6.29. The average Bonchev–Trinajstić information content (AvgIpc) is 2.28. The van der Waals surface area contributed by atoms with Crippen molar-refractivity contribution in [3.8, 4) is 11.3 Å². The molecule has 2 aromatic rings. The molecular weight excluding hydrogens is 257 g/mol. The molecule has 2 aromatic heterocycles. The smallest absolute Gasteiger partial charge is 0.137 e. The van der Waals surface area contributed by atoms with Crippen molar-refractivity contribution in [3.63, 3.8) is 0 Å². The van der Waals surface area contributed by atoms with Crippen LogP contribution in [0.15, 0.2) is 24.4 Å². The van der Waals surface area contributed by atoms with Gasteiger partial charge in [0.05, 0.1) is 17.0 Å². The highest BCUT2D eigenvalue weighted by Gasteiger charge is 2.18. The third-order valence-electron chi connectivity index (χ3n) is 2.39. The van der Waals surface area contributed by atoms with Gasteiger partial charge in [-0.2, -0.15) is 5.10 Å². The second-order valence-corrected chi connectivity index (χ2v) is 4.74. The number of hydrogen-bond acceptors (Lipinski definition) is 4. The molecule has 0 aliphatic carbocycles. The predicted octanol–water partition coefficient (Wildman–Crippen LogP) is 2.56. The van der Waals surface area contributed by atoms with Gasteiger partial charge in [0, 0.05) is 12.3 Å². The fourth-order valence-corrected chi connectivity index (χ4v) is 1.54. The van der Waals surface area contributed by atoms with Gasteiger partial charge in [0.2, 0.25) is 0 Å². The molecule has 2 heterocycles. The summed E-state index contributed by atoms with van der Waals surface area (Å²) in [5.74, 6) is -0.514. The van der Waals surface area contributed by atoms with Gasteiger partial charge in [-0.3, -0.25) is 0 Å². The maximum Gasteiger partial charge on any atom is 0.137 e. The summed E-state index contributed by atoms with van der Waals surface area (Å²) in [6, 6.07) is 4.28. The van der Waals surface area contributed by atoms with Crippen molar-refractivity contribution < 1.29 is 9.50 Å². The van der Waals surface area contributed by atoms with Crippen LogP contribution in [0.2, 0.25) is 5.15 Å². The van der Waals surface area contributed by atoms with Crippen molar-refractivity contribution in [2.45, 2.75) is 19.4 Å². The highest BCUT2D eigenvalue weighted by atomic mass is 35.5. The lowest BCUT2D eigenvalue weighted by molar-refractivity contribution is 0.0729. The maximum absolute atomic E-state index is 13.6. The van der Waals surface area contributed by atoms with Gasteiger partial charge in [0.25, 0.3) is 0 Å². The fraction of sp³-hybridized carbons (Fsp3) is 0.250. The first-order chi connectivity index (χ1) is 8.38. The lowest BCUT2D eigenvalue weighted by atomic mass is 10.0. The molecule has 0 amide bonds. The standard InChI is InChI=1S/C12H11ClFN3O/c1-12(2,18)10-4-3-9(16-17-10)7-6-15-11(13)5-8(7)14/h3-6,18H,1-2H3. The summed E-state index contributed by atoms with van der Waals surface area (Å²) in [7, 11) is 0. The molecular formula is C12H11ClFN3O. The van der Waals surface area contributed by atoms with Crippen LogP contribution < -0.4 is 0 Å². The minimum Gasteiger partial charge on any atom is -0.384 e. The summed E-state index contributed by atoms with van der Waals surface area (Å²) in [5.41, 5.74) is -0.116. The average molecular weight is 268 g/mol. The predicted molar refractivity (Wildman–Crippen MR) is 65.5 cm³/mol. The normalized spacial score (nSPS) is 11.6. The molecule has 18 heavy (non-hydrogen) atoms. The Labute approximate surface area is 108 Å². The molecule has 0 radical (unpaired) electrons. The van der Waals surface area contributed by atoms with E-state index in [2.05, 4.69) is 15.2 Å². The number of aliphatic hydroxyl groups is 1. The fourth-order valence-electron chi connectivity index (χ4n) is 1.40. The van der Waals surface area contributed by atoms with Gasteiger partial charge in [0.1, 0.15) is 16.6 Å². The summed E-state index contributed by atoms with van der Waals surface area (Å²) in [4.78, 5) is 3.80. The van der Waals surface area contributed by atoms with Crippen LogP contribution in [-0.2, 0) is 5.60 Å². The molecule has 2 rings (SSSR count). The Morgan fingerprint density at radius 3 is 2.50 bits per heavy atom. The Morgan fingerprint density at radius 2 is 2.00 bits per heavy atom. The topological polar surface area (TPSA) is 58.9 Å². The summed E-state index contributed by atoms with van der Waals surface area (Å²) < 4.78 is 13.6. The van der Waals surface area contributed by atoms with Crippen LogP contribution in [0.1, 0.15) is 19.5 Å². The molecule has 94 valence electrons. The van der Waals surface area contributed by atoms with Crippen molar-refractivity contribution in [2.24, 2.45) is 0 Å². The minimum absolute atomic E-state index is 0.0809. The molecule has 0 atom stereocenters. The first kappa shape index (κ1) is 12.9. The number of pyridine rings is 1.